The average molecular weight is 493 g/mol. The number of hydrogen-bond acceptors (Lipinski definition) is 5. The van der Waals surface area contributed by atoms with Crippen LogP contribution in [0, 0.1) is 11.8 Å². The van der Waals surface area contributed by atoms with Crippen molar-refractivity contribution in [3.8, 4) is 5.75 Å². The first kappa shape index (κ1) is 24.1. The summed E-state index contributed by atoms with van der Waals surface area (Å²) in [6.45, 7) is 17.0. The molecule has 3 aliphatic rings. The fourth-order valence-corrected chi connectivity index (χ4v) is 5.97. The second-order valence-corrected chi connectivity index (χ2v) is 16.2. The molecular formula is C28H36N2O4Si. The molecule has 0 bridgehead atoms. The van der Waals surface area contributed by atoms with E-state index in [1.807, 2.05) is 42.4 Å². The summed E-state index contributed by atoms with van der Waals surface area (Å²) in [7, 11) is -1.92. The second kappa shape index (κ2) is 8.49. The number of fused-ring (bicyclic) bond motifs is 5. The Kier molecular flexibility index (Phi) is 5.84. The van der Waals surface area contributed by atoms with Crippen LogP contribution in [0.2, 0.25) is 18.1 Å². The molecule has 5 rings (SSSR count). The number of para-hydroxylation sites is 1. The first-order chi connectivity index (χ1) is 16.5. The highest BCUT2D eigenvalue weighted by Gasteiger charge is 2.47. The van der Waals surface area contributed by atoms with E-state index in [1.165, 1.54) is 0 Å². The van der Waals surface area contributed by atoms with Crippen molar-refractivity contribution in [2.24, 2.45) is 11.8 Å². The second-order valence-electron chi connectivity index (χ2n) is 11.4. The fraction of sp³-hybridized carbons (Fsp3) is 0.500. The van der Waals surface area contributed by atoms with E-state index in [4.69, 9.17) is 18.9 Å². The van der Waals surface area contributed by atoms with Crippen LogP contribution >= 0.6 is 0 Å². The third kappa shape index (κ3) is 3.89. The molecule has 7 heteroatoms. The van der Waals surface area contributed by atoms with E-state index >= 15 is 0 Å². The van der Waals surface area contributed by atoms with Crippen molar-refractivity contribution >= 4 is 30.8 Å². The molecular weight excluding hydrogens is 456 g/mol. The van der Waals surface area contributed by atoms with Crippen molar-refractivity contribution < 1.29 is 18.7 Å². The normalized spacial score (nSPS) is 23.8. The molecule has 0 spiro atoms. The number of carbonyl (C=O) groups excluding carboxylic acids is 1. The van der Waals surface area contributed by atoms with Gasteiger partial charge in [-0.2, -0.15) is 0 Å². The number of amides is 1. The highest BCUT2D eigenvalue weighted by atomic mass is 28.4. The van der Waals surface area contributed by atoms with Crippen LogP contribution in [0.4, 0.5) is 0 Å². The van der Waals surface area contributed by atoms with Crippen LogP contribution in [-0.4, -0.2) is 50.0 Å². The van der Waals surface area contributed by atoms with Crippen LogP contribution in [0.25, 0.3) is 16.6 Å². The number of nitrogens with zero attached hydrogens (tertiary/aromatic N) is 2. The Morgan fingerprint density at radius 3 is 2.69 bits per heavy atom. The van der Waals surface area contributed by atoms with Gasteiger partial charge in [-0.15, -0.1) is 0 Å². The van der Waals surface area contributed by atoms with Gasteiger partial charge >= 0.3 is 0 Å². The van der Waals surface area contributed by atoms with Gasteiger partial charge in [-0.05, 0) is 49.7 Å². The summed E-state index contributed by atoms with van der Waals surface area (Å²) in [5, 5.41) is 1.01. The van der Waals surface area contributed by atoms with Crippen LogP contribution in [0.15, 0.2) is 42.2 Å². The van der Waals surface area contributed by atoms with Gasteiger partial charge in [-0.3, -0.25) is 4.79 Å². The maximum Gasteiger partial charge on any atom is 0.264 e. The summed E-state index contributed by atoms with van der Waals surface area (Å²) in [6.07, 6.45) is 4.11. The predicted octanol–water partition coefficient (Wildman–Crippen LogP) is 6.00. The van der Waals surface area contributed by atoms with Crippen LogP contribution in [0.3, 0.4) is 0 Å². The number of allylic oxidation sites excluding steroid dienone is 1. The highest BCUT2D eigenvalue weighted by molar-refractivity contribution is 6.74. The van der Waals surface area contributed by atoms with Crippen LogP contribution < -0.4 is 4.74 Å². The van der Waals surface area contributed by atoms with Crippen molar-refractivity contribution in [1.82, 2.24) is 9.88 Å². The molecule has 0 aliphatic carbocycles. The van der Waals surface area contributed by atoms with E-state index in [0.29, 0.717) is 31.1 Å². The molecule has 0 saturated heterocycles. The van der Waals surface area contributed by atoms with E-state index in [-0.39, 0.29) is 28.9 Å². The summed E-state index contributed by atoms with van der Waals surface area (Å²) in [6, 6.07) is 7.88. The Hall–Kier alpha value is -2.64. The molecule has 1 amide bonds. The Morgan fingerprint density at radius 1 is 1.23 bits per heavy atom. The molecule has 35 heavy (non-hydrogen) atoms. The number of pyridine rings is 1. The Morgan fingerprint density at radius 2 is 1.97 bits per heavy atom. The lowest BCUT2D eigenvalue weighted by Gasteiger charge is -2.42. The molecule has 0 saturated carbocycles. The number of rotatable bonds is 5. The minimum Gasteiger partial charge on any atom is -0.498 e. The fourth-order valence-electron chi connectivity index (χ4n) is 5.01. The van der Waals surface area contributed by atoms with Gasteiger partial charge in [0.05, 0.1) is 30.7 Å². The standard InChI is InChI=1S/C28H36N2O4Si/c1-8-32-26-19-11-9-10-12-22(19)29-25-23-13-20-18(16-34-35(6,7)28(3,4)5)15-33-17(2)21(20)14-30(23)27(31)24(25)26/h9-13,15,17,20-21H,8,14,16H2,1-7H3/t17-,20+,21-/m0/s1. The van der Waals surface area contributed by atoms with Crippen molar-refractivity contribution in [3.05, 3.63) is 53.4 Å². The van der Waals surface area contributed by atoms with Crippen LogP contribution in [0.5, 0.6) is 5.75 Å². The van der Waals surface area contributed by atoms with Gasteiger partial charge in [0.25, 0.3) is 5.91 Å². The van der Waals surface area contributed by atoms with Crippen molar-refractivity contribution in [1.29, 1.82) is 0 Å². The predicted molar refractivity (Wildman–Crippen MR) is 141 cm³/mol. The minimum atomic E-state index is -1.92. The third-order valence-electron chi connectivity index (χ3n) is 8.19. The molecule has 1 aromatic heterocycles. The smallest absolute Gasteiger partial charge is 0.264 e. The molecule has 0 radical (unpaired) electrons. The van der Waals surface area contributed by atoms with E-state index in [2.05, 4.69) is 46.9 Å². The Labute approximate surface area is 209 Å². The molecule has 186 valence electrons. The summed E-state index contributed by atoms with van der Waals surface area (Å²) in [5.41, 5.74) is 4.15. The van der Waals surface area contributed by atoms with Crippen LogP contribution in [0.1, 0.15) is 50.7 Å². The van der Waals surface area contributed by atoms with Crippen molar-refractivity contribution in [2.75, 3.05) is 19.8 Å². The first-order valence-corrected chi connectivity index (χ1v) is 15.5. The number of benzene rings is 1. The SMILES string of the molecule is CCOc1c2c(nc3ccccc13)C1=C[C@@H]3C(CO[Si](C)(C)C(C)(C)C)=CO[C@@H](C)[C@@H]3CN1C2=O. The quantitative estimate of drug-likeness (QED) is 0.479. The zero-order valence-electron chi connectivity index (χ0n) is 21.8. The van der Waals surface area contributed by atoms with E-state index < -0.39 is 8.32 Å². The number of ether oxygens (including phenoxy) is 2. The summed E-state index contributed by atoms with van der Waals surface area (Å²) < 4.78 is 18.7. The van der Waals surface area contributed by atoms with Gasteiger partial charge in [0.15, 0.2) is 8.32 Å². The molecule has 0 unspecified atom stereocenters. The summed E-state index contributed by atoms with van der Waals surface area (Å²) >= 11 is 0. The lowest BCUT2D eigenvalue weighted by molar-refractivity contribution is 0.0393. The Balaban J connectivity index is 1.57. The summed E-state index contributed by atoms with van der Waals surface area (Å²) in [4.78, 5) is 20.5. The minimum absolute atomic E-state index is 0.00401. The molecule has 1 aromatic carbocycles. The molecule has 0 fully saturated rings. The molecule has 4 heterocycles. The average Bonchev–Trinajstić information content (AvgIpc) is 3.08. The summed E-state index contributed by atoms with van der Waals surface area (Å²) in [5.74, 6) is 0.896. The first-order valence-electron chi connectivity index (χ1n) is 12.6. The van der Waals surface area contributed by atoms with Gasteiger partial charge in [-0.1, -0.05) is 39.0 Å². The monoisotopic (exact) mass is 492 g/mol. The van der Waals surface area contributed by atoms with Crippen LogP contribution in [-0.2, 0) is 9.16 Å². The molecule has 0 N–H and O–H groups in total. The Bertz CT molecular complexity index is 1240. The van der Waals surface area contributed by atoms with Gasteiger partial charge in [-0.25, -0.2) is 4.98 Å². The topological polar surface area (TPSA) is 60.9 Å². The maximum absolute atomic E-state index is 13.7. The van der Waals surface area contributed by atoms with Gasteiger partial charge in [0, 0.05) is 23.8 Å². The van der Waals surface area contributed by atoms with Gasteiger partial charge < -0.3 is 18.8 Å². The lowest BCUT2D eigenvalue weighted by atomic mass is 9.78. The molecule has 2 aromatic rings. The zero-order valence-corrected chi connectivity index (χ0v) is 22.8. The van der Waals surface area contributed by atoms with E-state index in [1.54, 1.807) is 0 Å². The van der Waals surface area contributed by atoms with E-state index in [0.717, 1.165) is 27.9 Å². The number of carbonyl (C=O) groups is 1. The molecule has 3 aliphatic heterocycles. The van der Waals surface area contributed by atoms with Gasteiger partial charge in [0.2, 0.25) is 0 Å². The zero-order chi connectivity index (χ0) is 25.1. The lowest BCUT2D eigenvalue weighted by Crippen LogP contribution is -2.46. The number of aromatic nitrogens is 1. The molecule has 6 nitrogen and oxygen atoms in total. The molecule has 3 atom stereocenters. The highest BCUT2D eigenvalue weighted by Crippen LogP contribution is 2.47. The number of hydrogen-bond donors (Lipinski definition) is 0. The van der Waals surface area contributed by atoms with E-state index in [9.17, 15) is 4.79 Å². The van der Waals surface area contributed by atoms with Gasteiger partial charge in [0.1, 0.15) is 23.1 Å². The third-order valence-corrected chi connectivity index (χ3v) is 12.7. The largest absolute Gasteiger partial charge is 0.498 e. The van der Waals surface area contributed by atoms with Crippen molar-refractivity contribution in [2.45, 2.75) is 58.9 Å². The maximum atomic E-state index is 13.7. The van der Waals surface area contributed by atoms with Crippen molar-refractivity contribution in [3.63, 3.8) is 0 Å².